The largest absolute Gasteiger partial charge is 0.504 e. The molecule has 0 amide bonds. The Kier molecular flexibility index (Phi) is 4.25. The molecule has 0 spiro atoms. The molecule has 0 saturated carbocycles. The number of hydrogen-bond acceptors (Lipinski definition) is 5. The lowest BCUT2D eigenvalue weighted by molar-refractivity contribution is -0.146. The van der Waals surface area contributed by atoms with E-state index in [4.69, 9.17) is 5.11 Å². The van der Waals surface area contributed by atoms with Crippen LogP contribution in [0.1, 0.15) is 6.42 Å². The molecule has 3 atom stereocenters. The van der Waals surface area contributed by atoms with Crippen LogP contribution in [0.3, 0.4) is 0 Å². The molecule has 21 heavy (non-hydrogen) atoms. The lowest BCUT2D eigenvalue weighted by Crippen LogP contribution is -2.36. The standard InChI is InChI=1S/C13H14NO6P/c15-9-3-1-2-4-10(9)21(20)7-13(12(18)19)5-8(11(16)17)14-6-13/h1-4,8,14H,5-7H2,(H2-,15,16,17,18,19,20)/p+1. The molecule has 4 N–H and O–H groups in total. The van der Waals surface area contributed by atoms with E-state index >= 15 is 0 Å². The van der Waals surface area contributed by atoms with Crippen molar-refractivity contribution < 1.29 is 29.5 Å². The zero-order valence-electron chi connectivity index (χ0n) is 11.0. The van der Waals surface area contributed by atoms with Crippen molar-refractivity contribution in [2.75, 3.05) is 12.7 Å². The minimum atomic E-state index is -2.14. The smallest absolute Gasteiger partial charge is 0.382 e. The number of hydrogen-bond donors (Lipinski definition) is 4. The van der Waals surface area contributed by atoms with E-state index in [1.165, 1.54) is 12.1 Å². The van der Waals surface area contributed by atoms with Gasteiger partial charge in [-0.3, -0.25) is 9.59 Å². The summed E-state index contributed by atoms with van der Waals surface area (Å²) in [4.78, 5) is 22.5. The molecule has 1 fully saturated rings. The maximum absolute atomic E-state index is 12.4. The van der Waals surface area contributed by atoms with Gasteiger partial charge < -0.3 is 20.6 Å². The van der Waals surface area contributed by atoms with Crippen molar-refractivity contribution in [1.29, 1.82) is 0 Å². The molecule has 3 unspecified atom stereocenters. The van der Waals surface area contributed by atoms with Gasteiger partial charge in [-0.25, -0.2) is 0 Å². The van der Waals surface area contributed by atoms with Gasteiger partial charge in [0, 0.05) is 6.54 Å². The fourth-order valence-electron chi connectivity index (χ4n) is 2.41. The van der Waals surface area contributed by atoms with Crippen molar-refractivity contribution in [1.82, 2.24) is 5.32 Å². The summed E-state index contributed by atoms with van der Waals surface area (Å²) in [5, 5.41) is 30.9. The molecular formula is C13H15NO6P+. The summed E-state index contributed by atoms with van der Waals surface area (Å²) >= 11 is 0. The van der Waals surface area contributed by atoms with Crippen LogP contribution in [0.25, 0.3) is 0 Å². The molecular weight excluding hydrogens is 297 g/mol. The molecule has 7 nitrogen and oxygen atoms in total. The summed E-state index contributed by atoms with van der Waals surface area (Å²) in [5.41, 5.74) is -1.40. The lowest BCUT2D eigenvalue weighted by Gasteiger charge is -2.17. The van der Waals surface area contributed by atoms with E-state index in [1.54, 1.807) is 12.1 Å². The van der Waals surface area contributed by atoms with Gasteiger partial charge in [0.25, 0.3) is 0 Å². The first-order chi connectivity index (χ1) is 9.85. The summed E-state index contributed by atoms with van der Waals surface area (Å²) < 4.78 is 12.4. The minimum Gasteiger partial charge on any atom is -0.504 e. The Morgan fingerprint density at radius 2 is 2.00 bits per heavy atom. The van der Waals surface area contributed by atoms with E-state index in [1.807, 2.05) is 0 Å². The summed E-state index contributed by atoms with van der Waals surface area (Å²) in [6.45, 7) is -0.0615. The van der Waals surface area contributed by atoms with Gasteiger partial charge in [-0.05, 0) is 18.6 Å². The second kappa shape index (κ2) is 5.79. The quantitative estimate of drug-likeness (QED) is 0.579. The molecule has 1 aromatic carbocycles. The Balaban J connectivity index is 2.22. The van der Waals surface area contributed by atoms with Gasteiger partial charge in [0.15, 0.2) is 11.9 Å². The van der Waals surface area contributed by atoms with Crippen LogP contribution in [0.2, 0.25) is 0 Å². The topological polar surface area (TPSA) is 124 Å². The van der Waals surface area contributed by atoms with Crippen LogP contribution in [-0.4, -0.2) is 46.0 Å². The number of rotatable bonds is 5. The van der Waals surface area contributed by atoms with E-state index in [2.05, 4.69) is 5.32 Å². The Hall–Kier alpha value is -1.98. The number of para-hydroxylation sites is 1. The molecule has 1 aromatic rings. The third-order valence-electron chi connectivity index (χ3n) is 3.63. The Morgan fingerprint density at radius 3 is 2.52 bits per heavy atom. The van der Waals surface area contributed by atoms with Crippen LogP contribution in [0.5, 0.6) is 5.75 Å². The number of phenolic OH excluding ortho intramolecular Hbond substituents is 1. The molecule has 8 heteroatoms. The Morgan fingerprint density at radius 1 is 1.33 bits per heavy atom. The lowest BCUT2D eigenvalue weighted by atomic mass is 9.88. The van der Waals surface area contributed by atoms with Gasteiger partial charge in [-0.15, -0.1) is 0 Å². The predicted octanol–water partition coefficient (Wildman–Crippen LogP) is 0.362. The molecule has 1 aliphatic rings. The maximum atomic E-state index is 12.4. The van der Waals surface area contributed by atoms with Crippen molar-refractivity contribution in [3.05, 3.63) is 24.3 Å². The average Bonchev–Trinajstić information content (AvgIpc) is 2.85. The number of carboxylic acids is 2. The fraction of sp³-hybridized carbons (Fsp3) is 0.385. The molecule has 112 valence electrons. The number of carboxylic acid groups (broad SMARTS) is 2. The van der Waals surface area contributed by atoms with E-state index in [0.29, 0.717) is 0 Å². The highest BCUT2D eigenvalue weighted by Crippen LogP contribution is 2.39. The van der Waals surface area contributed by atoms with Crippen molar-refractivity contribution >= 4 is 25.0 Å². The third-order valence-corrected chi connectivity index (χ3v) is 5.44. The maximum Gasteiger partial charge on any atom is 0.382 e. The van der Waals surface area contributed by atoms with Crippen LogP contribution < -0.4 is 10.6 Å². The Bertz CT molecular complexity index is 604. The van der Waals surface area contributed by atoms with Gasteiger partial charge in [-0.1, -0.05) is 16.7 Å². The van der Waals surface area contributed by atoms with Gasteiger partial charge in [0.1, 0.15) is 11.5 Å². The summed E-state index contributed by atoms with van der Waals surface area (Å²) in [6, 6.07) is 5.06. The first kappa shape index (κ1) is 15.4. The fourth-order valence-corrected chi connectivity index (χ4v) is 4.09. The van der Waals surface area contributed by atoms with E-state index in [9.17, 15) is 24.4 Å². The Labute approximate surface area is 121 Å². The third kappa shape index (κ3) is 3.04. The van der Waals surface area contributed by atoms with Gasteiger partial charge >= 0.3 is 19.7 Å². The molecule has 1 aliphatic heterocycles. The number of nitrogens with one attached hydrogen (secondary N) is 1. The summed E-state index contributed by atoms with van der Waals surface area (Å²) in [5.74, 6) is -2.46. The minimum absolute atomic E-state index is 0.0615. The summed E-state index contributed by atoms with van der Waals surface area (Å²) in [6.07, 6.45) is -0.349. The molecule has 0 radical (unpaired) electrons. The molecule has 0 aliphatic carbocycles. The number of carbonyl (C=O) groups is 2. The van der Waals surface area contributed by atoms with Crippen molar-refractivity contribution in [3.63, 3.8) is 0 Å². The highest BCUT2D eigenvalue weighted by molar-refractivity contribution is 7.53. The van der Waals surface area contributed by atoms with Crippen LogP contribution >= 0.6 is 7.80 Å². The molecule has 0 aromatic heterocycles. The van der Waals surface area contributed by atoms with Crippen molar-refractivity contribution in [2.24, 2.45) is 5.41 Å². The average molecular weight is 312 g/mol. The zero-order chi connectivity index (χ0) is 15.6. The van der Waals surface area contributed by atoms with Gasteiger partial charge in [0.05, 0.1) is 0 Å². The number of aromatic hydroxyl groups is 1. The summed E-state index contributed by atoms with van der Waals surface area (Å²) in [7, 11) is -2.14. The van der Waals surface area contributed by atoms with Crippen molar-refractivity contribution in [2.45, 2.75) is 12.5 Å². The highest BCUT2D eigenvalue weighted by atomic mass is 31.1. The number of benzene rings is 1. The highest BCUT2D eigenvalue weighted by Gasteiger charge is 2.53. The first-order valence-corrected chi connectivity index (χ1v) is 7.72. The van der Waals surface area contributed by atoms with Crippen LogP contribution in [0, 0.1) is 5.41 Å². The number of phenols is 1. The van der Waals surface area contributed by atoms with E-state index in [-0.39, 0.29) is 30.2 Å². The second-order valence-corrected chi connectivity index (χ2v) is 6.64. The second-order valence-electron chi connectivity index (χ2n) is 5.09. The first-order valence-electron chi connectivity index (χ1n) is 6.28. The zero-order valence-corrected chi connectivity index (χ0v) is 11.9. The molecule has 2 rings (SSSR count). The normalized spacial score (nSPS) is 25.5. The molecule has 1 heterocycles. The van der Waals surface area contributed by atoms with E-state index in [0.717, 1.165) is 0 Å². The van der Waals surface area contributed by atoms with Crippen LogP contribution in [0.15, 0.2) is 24.3 Å². The molecule has 1 saturated heterocycles. The molecule has 0 bridgehead atoms. The predicted molar refractivity (Wildman–Crippen MR) is 74.3 cm³/mol. The van der Waals surface area contributed by atoms with Crippen LogP contribution in [-0.2, 0) is 14.2 Å². The number of aliphatic carboxylic acids is 2. The van der Waals surface area contributed by atoms with Crippen LogP contribution in [0.4, 0.5) is 0 Å². The monoisotopic (exact) mass is 312 g/mol. The van der Waals surface area contributed by atoms with Gasteiger partial charge in [-0.2, -0.15) is 0 Å². The van der Waals surface area contributed by atoms with Crippen molar-refractivity contribution in [3.8, 4) is 5.75 Å². The van der Waals surface area contributed by atoms with E-state index < -0.39 is 31.2 Å². The van der Waals surface area contributed by atoms with Gasteiger partial charge in [0.2, 0.25) is 5.30 Å². The SMILES string of the molecule is O=C(O)C1CC(C[P+](=O)c2ccccc2O)(C(=O)O)CN1.